The van der Waals surface area contributed by atoms with Gasteiger partial charge in [0.15, 0.2) is 5.82 Å². The van der Waals surface area contributed by atoms with Crippen LogP contribution in [0.15, 0.2) is 12.3 Å². The van der Waals surface area contributed by atoms with E-state index < -0.39 is 0 Å². The Hall–Kier alpha value is -1.66. The topological polar surface area (TPSA) is 64.9 Å². The van der Waals surface area contributed by atoms with Crippen LogP contribution in [0.1, 0.15) is 24.0 Å². The van der Waals surface area contributed by atoms with Gasteiger partial charge >= 0.3 is 0 Å². The summed E-state index contributed by atoms with van der Waals surface area (Å²) in [6.45, 7) is 3.07. The number of halogens is 1. The summed E-state index contributed by atoms with van der Waals surface area (Å²) in [4.78, 5) is 8.43. The summed E-state index contributed by atoms with van der Waals surface area (Å²) in [5.74, 6) is 1.24. The van der Waals surface area contributed by atoms with E-state index in [1.54, 1.807) is 13.2 Å². The van der Waals surface area contributed by atoms with E-state index in [4.69, 9.17) is 16.3 Å². The summed E-state index contributed by atoms with van der Waals surface area (Å²) in [6, 6.07) is 1.70. The Bertz CT molecular complexity index is 584. The molecule has 108 valence electrons. The fourth-order valence-electron chi connectivity index (χ4n) is 1.96. The number of aryl methyl sites for hydroxylation is 2. The van der Waals surface area contributed by atoms with Gasteiger partial charge in [0.05, 0.1) is 5.69 Å². The smallest absolute Gasteiger partial charge is 0.158 e. The maximum absolute atomic E-state index is 5.97. The molecule has 0 saturated carbocycles. The second kappa shape index (κ2) is 6.67. The number of ether oxygens (including phenoxy) is 1. The first-order valence-electron chi connectivity index (χ1n) is 6.40. The molecule has 0 atom stereocenters. The minimum Gasteiger partial charge on any atom is -0.377 e. The highest BCUT2D eigenvalue weighted by molar-refractivity contribution is 6.29. The first kappa shape index (κ1) is 14.7. The molecule has 7 heteroatoms. The third kappa shape index (κ3) is 3.68. The van der Waals surface area contributed by atoms with Crippen LogP contribution < -0.4 is 5.32 Å². The quantitative estimate of drug-likeness (QED) is 0.828. The lowest BCUT2D eigenvalue weighted by atomic mass is 10.2. The van der Waals surface area contributed by atoms with Crippen molar-refractivity contribution in [3.05, 3.63) is 34.5 Å². The lowest BCUT2D eigenvalue weighted by Crippen LogP contribution is -2.06. The lowest BCUT2D eigenvalue weighted by Gasteiger charge is -2.07. The highest BCUT2D eigenvalue weighted by Crippen LogP contribution is 2.14. The predicted molar refractivity (Wildman–Crippen MR) is 77.7 cm³/mol. The summed E-state index contributed by atoms with van der Waals surface area (Å²) in [7, 11) is 3.52. The SMILES string of the molecule is CCc1nn(C)cc1CNc1cc(Cl)nc(COC)n1. The van der Waals surface area contributed by atoms with Crippen molar-refractivity contribution in [1.82, 2.24) is 19.7 Å². The molecular weight excluding hydrogens is 278 g/mol. The molecule has 0 radical (unpaired) electrons. The van der Waals surface area contributed by atoms with Crippen molar-refractivity contribution in [2.45, 2.75) is 26.5 Å². The minimum atomic E-state index is 0.336. The minimum absolute atomic E-state index is 0.336. The molecule has 0 aromatic carbocycles. The van der Waals surface area contributed by atoms with Gasteiger partial charge in [0.25, 0.3) is 0 Å². The summed E-state index contributed by atoms with van der Waals surface area (Å²) >= 11 is 5.97. The predicted octanol–water partition coefficient (Wildman–Crippen LogP) is 2.18. The van der Waals surface area contributed by atoms with Crippen LogP contribution in [0.4, 0.5) is 5.82 Å². The highest BCUT2D eigenvalue weighted by Gasteiger charge is 2.07. The van der Waals surface area contributed by atoms with Crippen LogP contribution in [0.25, 0.3) is 0 Å². The van der Waals surface area contributed by atoms with Gasteiger partial charge in [-0.3, -0.25) is 4.68 Å². The number of hydrogen-bond acceptors (Lipinski definition) is 5. The van der Waals surface area contributed by atoms with Crippen molar-refractivity contribution in [1.29, 1.82) is 0 Å². The van der Waals surface area contributed by atoms with Gasteiger partial charge in [-0.2, -0.15) is 5.10 Å². The van der Waals surface area contributed by atoms with Crippen LogP contribution >= 0.6 is 11.6 Å². The Kier molecular flexibility index (Phi) is 4.92. The molecule has 20 heavy (non-hydrogen) atoms. The van der Waals surface area contributed by atoms with E-state index in [2.05, 4.69) is 27.3 Å². The van der Waals surface area contributed by atoms with E-state index in [-0.39, 0.29) is 0 Å². The highest BCUT2D eigenvalue weighted by atomic mass is 35.5. The number of anilines is 1. The van der Waals surface area contributed by atoms with Gasteiger partial charge < -0.3 is 10.1 Å². The standard InChI is InChI=1S/C13H18ClN5O/c1-4-10-9(7-19(2)18-10)6-15-12-5-11(14)16-13(17-12)8-20-3/h5,7H,4,6,8H2,1-3H3,(H,15,16,17). The molecule has 1 N–H and O–H groups in total. The Balaban J connectivity index is 2.10. The molecule has 2 rings (SSSR count). The third-order valence-electron chi connectivity index (χ3n) is 2.80. The van der Waals surface area contributed by atoms with Gasteiger partial charge in [0, 0.05) is 38.5 Å². The van der Waals surface area contributed by atoms with Crippen LogP contribution in [-0.4, -0.2) is 26.9 Å². The number of rotatable bonds is 6. The average molecular weight is 296 g/mol. The molecule has 0 aliphatic carbocycles. The summed E-state index contributed by atoms with van der Waals surface area (Å²) in [5.41, 5.74) is 2.23. The Morgan fingerprint density at radius 3 is 2.90 bits per heavy atom. The van der Waals surface area contributed by atoms with Crippen molar-refractivity contribution >= 4 is 17.4 Å². The van der Waals surface area contributed by atoms with Crippen LogP contribution in [0.5, 0.6) is 0 Å². The first-order chi connectivity index (χ1) is 9.62. The molecule has 0 unspecified atom stereocenters. The van der Waals surface area contributed by atoms with E-state index in [0.717, 1.165) is 17.7 Å². The summed E-state index contributed by atoms with van der Waals surface area (Å²) in [5, 5.41) is 8.05. The van der Waals surface area contributed by atoms with Crippen molar-refractivity contribution in [2.75, 3.05) is 12.4 Å². The molecule has 2 aromatic rings. The second-order valence-electron chi connectivity index (χ2n) is 4.41. The van der Waals surface area contributed by atoms with Gasteiger partial charge in [-0.15, -0.1) is 0 Å². The average Bonchev–Trinajstić information content (AvgIpc) is 2.76. The molecule has 2 aromatic heterocycles. The number of nitrogens with one attached hydrogen (secondary N) is 1. The zero-order valence-corrected chi connectivity index (χ0v) is 12.6. The molecular formula is C13H18ClN5O. The fourth-order valence-corrected chi connectivity index (χ4v) is 2.16. The molecule has 0 saturated heterocycles. The van der Waals surface area contributed by atoms with Gasteiger partial charge in [-0.05, 0) is 6.42 Å². The van der Waals surface area contributed by atoms with Gasteiger partial charge in [0.2, 0.25) is 0 Å². The number of nitrogens with zero attached hydrogens (tertiary/aromatic N) is 4. The second-order valence-corrected chi connectivity index (χ2v) is 4.79. The molecule has 0 spiro atoms. The van der Waals surface area contributed by atoms with Crippen LogP contribution in [0, 0.1) is 0 Å². The van der Waals surface area contributed by atoms with E-state index in [1.165, 1.54) is 0 Å². The Morgan fingerprint density at radius 2 is 2.20 bits per heavy atom. The lowest BCUT2D eigenvalue weighted by molar-refractivity contribution is 0.178. The molecule has 0 aliphatic heterocycles. The molecule has 0 bridgehead atoms. The Labute approximate surface area is 123 Å². The largest absolute Gasteiger partial charge is 0.377 e. The van der Waals surface area contributed by atoms with Crippen molar-refractivity contribution in [2.24, 2.45) is 7.05 Å². The van der Waals surface area contributed by atoms with Crippen molar-refractivity contribution in [3.8, 4) is 0 Å². The molecule has 0 fully saturated rings. The van der Waals surface area contributed by atoms with Gasteiger partial charge in [-0.25, -0.2) is 9.97 Å². The maximum Gasteiger partial charge on any atom is 0.158 e. The molecule has 2 heterocycles. The summed E-state index contributed by atoms with van der Waals surface area (Å²) in [6.07, 6.45) is 2.90. The van der Waals surface area contributed by atoms with Crippen LogP contribution in [0.3, 0.4) is 0 Å². The van der Waals surface area contributed by atoms with Crippen LogP contribution in [0.2, 0.25) is 5.15 Å². The van der Waals surface area contributed by atoms with E-state index >= 15 is 0 Å². The van der Waals surface area contributed by atoms with E-state index in [9.17, 15) is 0 Å². The Morgan fingerprint density at radius 1 is 1.40 bits per heavy atom. The first-order valence-corrected chi connectivity index (χ1v) is 6.77. The maximum atomic E-state index is 5.97. The zero-order valence-electron chi connectivity index (χ0n) is 11.9. The third-order valence-corrected chi connectivity index (χ3v) is 2.99. The van der Waals surface area contributed by atoms with Crippen molar-refractivity contribution in [3.63, 3.8) is 0 Å². The number of methoxy groups -OCH3 is 1. The van der Waals surface area contributed by atoms with Crippen molar-refractivity contribution < 1.29 is 4.74 Å². The molecule has 0 amide bonds. The van der Waals surface area contributed by atoms with Crippen LogP contribution in [-0.2, 0) is 31.4 Å². The molecule has 0 aliphatic rings. The van der Waals surface area contributed by atoms with E-state index in [0.29, 0.717) is 29.9 Å². The number of aromatic nitrogens is 4. The number of hydrogen-bond donors (Lipinski definition) is 1. The van der Waals surface area contributed by atoms with E-state index in [1.807, 2.05) is 17.9 Å². The fraction of sp³-hybridized carbons (Fsp3) is 0.462. The normalized spacial score (nSPS) is 10.8. The molecule has 6 nitrogen and oxygen atoms in total. The zero-order chi connectivity index (χ0) is 14.5. The van der Waals surface area contributed by atoms with Gasteiger partial charge in [0.1, 0.15) is 17.6 Å². The monoisotopic (exact) mass is 295 g/mol. The summed E-state index contributed by atoms with van der Waals surface area (Å²) < 4.78 is 6.83. The van der Waals surface area contributed by atoms with Gasteiger partial charge in [-0.1, -0.05) is 18.5 Å².